The van der Waals surface area contributed by atoms with Crippen LogP contribution in [0.3, 0.4) is 0 Å². The van der Waals surface area contributed by atoms with E-state index in [9.17, 15) is 0 Å². The van der Waals surface area contributed by atoms with Crippen molar-refractivity contribution in [1.82, 2.24) is 0 Å². The average molecular weight is 571 g/mol. The van der Waals surface area contributed by atoms with E-state index in [1.807, 2.05) is 62.4 Å². The molecule has 0 unspecified atom stereocenters. The number of hydrogen-bond acceptors (Lipinski definition) is 3. The van der Waals surface area contributed by atoms with Gasteiger partial charge >= 0.3 is 0 Å². The van der Waals surface area contributed by atoms with Crippen LogP contribution in [0.5, 0.6) is 0 Å². The van der Waals surface area contributed by atoms with Gasteiger partial charge in [0.15, 0.2) is 0 Å². The summed E-state index contributed by atoms with van der Waals surface area (Å²) in [5.74, 6) is 0. The first-order valence-corrected chi connectivity index (χ1v) is 12.4. The van der Waals surface area contributed by atoms with Gasteiger partial charge in [-0.05, 0) is 73.5 Å². The fourth-order valence-corrected chi connectivity index (χ4v) is 5.99. The zero-order valence-corrected chi connectivity index (χ0v) is 22.9. The Kier molecular flexibility index (Phi) is 8.62. The molecule has 0 radical (unpaired) electrons. The molecule has 0 heterocycles. The molecule has 0 aromatic heterocycles. The van der Waals surface area contributed by atoms with E-state index >= 15 is 0 Å². The third-order valence-electron chi connectivity index (χ3n) is 5.47. The smallest absolute Gasteiger partial charge is 0.0505 e. The standard InChI is InChI=1S/C26H20Cl4N2S.ClH/c1-13-23(9-7-19(27)25(13)17-5-3-15(31)11-21(17)29)33-24-10-8-20(28)26(14(24)2)18-6-4-16(32)12-22(18)30;/h3-12H,31-32H2,1-2H3;1H. The largest absolute Gasteiger partial charge is 0.399 e. The molecule has 0 amide bonds. The Bertz CT molecular complexity index is 1280. The predicted octanol–water partition coefficient (Wildman–Crippen LogP) is 9.99. The SMILES string of the molecule is Cc1c(Sc2ccc(Cl)c(-c3ccc(N)cc3Cl)c2C)ccc(Cl)c1-c1ccc(N)cc1Cl.Cl. The maximum Gasteiger partial charge on any atom is 0.0505 e. The first kappa shape index (κ1) is 26.9. The molecule has 4 rings (SSSR count). The highest BCUT2D eigenvalue weighted by Gasteiger charge is 2.18. The minimum absolute atomic E-state index is 0. The monoisotopic (exact) mass is 568 g/mol. The Morgan fingerprint density at radius 3 is 1.29 bits per heavy atom. The zero-order chi connectivity index (χ0) is 23.9. The summed E-state index contributed by atoms with van der Waals surface area (Å²) >= 11 is 27.8. The molecule has 0 atom stereocenters. The fraction of sp³-hybridized carbons (Fsp3) is 0.0769. The average Bonchev–Trinajstić information content (AvgIpc) is 2.75. The maximum atomic E-state index is 6.60. The highest BCUT2D eigenvalue weighted by Crippen LogP contribution is 2.45. The Morgan fingerprint density at radius 1 is 0.559 bits per heavy atom. The van der Waals surface area contributed by atoms with Crippen LogP contribution in [0, 0.1) is 13.8 Å². The Morgan fingerprint density at radius 2 is 0.941 bits per heavy atom. The summed E-state index contributed by atoms with van der Waals surface area (Å²) in [5, 5.41) is 2.38. The molecule has 0 aliphatic heterocycles. The molecule has 0 bridgehead atoms. The second-order valence-corrected chi connectivity index (χ2v) is 10.4. The summed E-state index contributed by atoms with van der Waals surface area (Å²) in [6, 6.07) is 18.7. The molecular weight excluding hydrogens is 550 g/mol. The van der Waals surface area contributed by atoms with Crippen LogP contribution in [0.1, 0.15) is 11.1 Å². The van der Waals surface area contributed by atoms with E-state index in [0.717, 1.165) is 43.2 Å². The van der Waals surface area contributed by atoms with Crippen molar-refractivity contribution in [3.63, 3.8) is 0 Å². The molecule has 8 heteroatoms. The van der Waals surface area contributed by atoms with Crippen molar-refractivity contribution in [2.75, 3.05) is 11.5 Å². The number of anilines is 2. The third kappa shape index (κ3) is 5.26. The summed E-state index contributed by atoms with van der Waals surface area (Å²) in [4.78, 5) is 2.11. The van der Waals surface area contributed by atoms with E-state index in [4.69, 9.17) is 57.9 Å². The van der Waals surface area contributed by atoms with E-state index < -0.39 is 0 Å². The normalized spacial score (nSPS) is 10.8. The van der Waals surface area contributed by atoms with E-state index in [1.165, 1.54) is 0 Å². The molecule has 0 aliphatic rings. The highest BCUT2D eigenvalue weighted by molar-refractivity contribution is 7.99. The molecule has 0 fully saturated rings. The molecule has 4 aromatic carbocycles. The molecule has 4 aromatic rings. The quantitative estimate of drug-likeness (QED) is 0.240. The van der Waals surface area contributed by atoms with Gasteiger partial charge in [-0.15, -0.1) is 12.4 Å². The molecule has 0 spiro atoms. The van der Waals surface area contributed by atoms with Crippen molar-refractivity contribution in [2.45, 2.75) is 23.6 Å². The summed E-state index contributed by atoms with van der Waals surface area (Å²) < 4.78 is 0. The molecule has 176 valence electrons. The minimum atomic E-state index is 0. The number of nitrogen functional groups attached to an aromatic ring is 2. The molecule has 0 saturated carbocycles. The van der Waals surface area contributed by atoms with Crippen molar-refractivity contribution in [2.24, 2.45) is 0 Å². The lowest BCUT2D eigenvalue weighted by Crippen LogP contribution is -1.93. The van der Waals surface area contributed by atoms with Crippen LogP contribution < -0.4 is 11.5 Å². The Balaban J connectivity index is 0.00000324. The Hall–Kier alpha value is -1.72. The molecule has 0 saturated heterocycles. The van der Waals surface area contributed by atoms with Crippen molar-refractivity contribution >= 4 is 81.9 Å². The van der Waals surface area contributed by atoms with E-state index in [1.54, 1.807) is 23.9 Å². The number of hydrogen-bond donors (Lipinski definition) is 2. The van der Waals surface area contributed by atoms with Gasteiger partial charge in [0.05, 0.1) is 10.0 Å². The highest BCUT2D eigenvalue weighted by atomic mass is 35.5. The molecular formula is C26H21Cl5N2S. The van der Waals surface area contributed by atoms with E-state index in [2.05, 4.69) is 0 Å². The van der Waals surface area contributed by atoms with Crippen LogP contribution in [0.2, 0.25) is 20.1 Å². The van der Waals surface area contributed by atoms with Gasteiger partial charge in [0.25, 0.3) is 0 Å². The van der Waals surface area contributed by atoms with Gasteiger partial charge in [0, 0.05) is 53.5 Å². The van der Waals surface area contributed by atoms with Gasteiger partial charge in [-0.3, -0.25) is 0 Å². The number of rotatable bonds is 4. The van der Waals surface area contributed by atoms with Gasteiger partial charge in [-0.1, -0.05) is 70.3 Å². The molecule has 4 N–H and O–H groups in total. The second-order valence-electron chi connectivity index (χ2n) is 7.67. The lowest BCUT2D eigenvalue weighted by Gasteiger charge is -2.18. The van der Waals surface area contributed by atoms with Gasteiger partial charge < -0.3 is 11.5 Å². The first-order chi connectivity index (χ1) is 15.7. The van der Waals surface area contributed by atoms with Crippen LogP contribution in [-0.4, -0.2) is 0 Å². The fourth-order valence-electron chi connectivity index (χ4n) is 3.79. The summed E-state index contributed by atoms with van der Waals surface area (Å²) in [7, 11) is 0. The van der Waals surface area contributed by atoms with Gasteiger partial charge in [-0.2, -0.15) is 0 Å². The maximum absolute atomic E-state index is 6.60. The molecule has 2 nitrogen and oxygen atoms in total. The van der Waals surface area contributed by atoms with E-state index in [-0.39, 0.29) is 12.4 Å². The zero-order valence-electron chi connectivity index (χ0n) is 18.3. The van der Waals surface area contributed by atoms with E-state index in [0.29, 0.717) is 31.5 Å². The van der Waals surface area contributed by atoms with Crippen molar-refractivity contribution in [1.29, 1.82) is 0 Å². The van der Waals surface area contributed by atoms with Crippen LogP contribution >= 0.6 is 70.6 Å². The topological polar surface area (TPSA) is 52.0 Å². The second kappa shape index (κ2) is 10.9. The van der Waals surface area contributed by atoms with Crippen molar-refractivity contribution in [3.05, 3.63) is 91.9 Å². The lowest BCUT2D eigenvalue weighted by atomic mass is 10.00. The van der Waals surface area contributed by atoms with Crippen molar-refractivity contribution < 1.29 is 0 Å². The van der Waals surface area contributed by atoms with Gasteiger partial charge in [-0.25, -0.2) is 0 Å². The minimum Gasteiger partial charge on any atom is -0.399 e. The van der Waals surface area contributed by atoms with Crippen LogP contribution in [0.25, 0.3) is 22.3 Å². The third-order valence-corrected chi connectivity index (χ3v) is 8.05. The van der Waals surface area contributed by atoms with Gasteiger partial charge in [0.1, 0.15) is 0 Å². The molecule has 0 aliphatic carbocycles. The first-order valence-electron chi connectivity index (χ1n) is 10.0. The van der Waals surface area contributed by atoms with Crippen LogP contribution in [0.4, 0.5) is 11.4 Å². The summed E-state index contributed by atoms with van der Waals surface area (Å²) in [6.07, 6.45) is 0. The summed E-state index contributed by atoms with van der Waals surface area (Å²) in [5.41, 5.74) is 18.5. The predicted molar refractivity (Wildman–Crippen MR) is 153 cm³/mol. The van der Waals surface area contributed by atoms with Crippen molar-refractivity contribution in [3.8, 4) is 22.3 Å². The summed E-state index contributed by atoms with van der Waals surface area (Å²) in [6.45, 7) is 4.08. The van der Waals surface area contributed by atoms with Crippen LogP contribution in [0.15, 0.2) is 70.5 Å². The lowest BCUT2D eigenvalue weighted by molar-refractivity contribution is 1.26. The number of halogens is 5. The number of nitrogens with two attached hydrogens (primary N) is 2. The van der Waals surface area contributed by atoms with Gasteiger partial charge in [0.2, 0.25) is 0 Å². The van der Waals surface area contributed by atoms with Crippen LogP contribution in [-0.2, 0) is 0 Å². The number of benzene rings is 4. The Labute approximate surface area is 230 Å². The molecule has 34 heavy (non-hydrogen) atoms.